The average molecular weight is 996 g/mol. The van der Waals surface area contributed by atoms with Crippen molar-refractivity contribution < 1.29 is 0 Å². The molecule has 0 N–H and O–H groups in total. The van der Waals surface area contributed by atoms with Crippen LogP contribution >= 0.6 is 0 Å². The van der Waals surface area contributed by atoms with E-state index in [0.717, 1.165) is 0 Å². The van der Waals surface area contributed by atoms with Crippen LogP contribution in [0.5, 0.6) is 0 Å². The van der Waals surface area contributed by atoms with Crippen LogP contribution in [-0.4, -0.2) is 0 Å². The van der Waals surface area contributed by atoms with Crippen LogP contribution in [0.15, 0.2) is 133 Å². The Morgan fingerprint density at radius 2 is 0.600 bits per heavy atom. The van der Waals surface area contributed by atoms with Gasteiger partial charge in [0.1, 0.15) is 0 Å². The molecule has 1 aliphatic rings. The van der Waals surface area contributed by atoms with E-state index in [1.54, 1.807) is 44.5 Å². The molecule has 0 bridgehead atoms. The summed E-state index contributed by atoms with van der Waals surface area (Å²) in [5, 5.41) is 10.8. The van der Waals surface area contributed by atoms with Crippen molar-refractivity contribution in [1.29, 1.82) is 0 Å². The highest BCUT2D eigenvalue weighted by molar-refractivity contribution is 5.99. The van der Waals surface area contributed by atoms with Gasteiger partial charge in [-0.15, -0.1) is 0 Å². The molecule has 0 saturated heterocycles. The molecule has 0 unspecified atom stereocenters. The minimum absolute atomic E-state index is 0.148. The normalized spacial score (nSPS) is 12.9. The lowest BCUT2D eigenvalue weighted by molar-refractivity contribution is 0.397. The van der Waals surface area contributed by atoms with E-state index in [9.17, 15) is 0 Å². The highest BCUT2D eigenvalue weighted by Gasteiger charge is 2.43. The van der Waals surface area contributed by atoms with Gasteiger partial charge >= 0.3 is 0 Å². The Morgan fingerprint density at radius 1 is 0.280 bits per heavy atom. The van der Waals surface area contributed by atoms with Crippen molar-refractivity contribution in [1.82, 2.24) is 0 Å². The summed E-state index contributed by atoms with van der Waals surface area (Å²) in [6.07, 6.45) is 39.7. The van der Waals surface area contributed by atoms with Crippen molar-refractivity contribution >= 4 is 43.1 Å². The van der Waals surface area contributed by atoms with Gasteiger partial charge in [0.2, 0.25) is 0 Å². The lowest BCUT2D eigenvalue weighted by Gasteiger charge is -2.34. The zero-order valence-corrected chi connectivity index (χ0v) is 47.4. The molecule has 0 amide bonds. The molecule has 394 valence electrons. The van der Waals surface area contributed by atoms with Crippen LogP contribution in [0.3, 0.4) is 0 Å². The van der Waals surface area contributed by atoms with E-state index in [2.05, 4.69) is 161 Å². The molecule has 0 heteroatoms. The van der Waals surface area contributed by atoms with Crippen molar-refractivity contribution in [3.63, 3.8) is 0 Å². The zero-order chi connectivity index (χ0) is 51.7. The van der Waals surface area contributed by atoms with Crippen LogP contribution in [0.1, 0.15) is 225 Å². The standard InChI is InChI=1S/C75H94/c1-5-7-9-11-21-31-45-75(46-32-22-12-10-8-6-2)73-47-57(3)61(35-25-19-15-13-17-23-33-59-41-43-67-51-63-37-27-29-39-65(63)53-69(67)49-59)55-71(73)72-56-62(58(4)48-74(72)75)36-26-20-16-14-18-24-34-60-42-44-68-52-64-38-28-30-40-66(64)54-70(68)50-60/h27-30,37-44,47-56H,5-26,31-36,45-46H2,1-4H3. The fourth-order valence-corrected chi connectivity index (χ4v) is 13.5. The van der Waals surface area contributed by atoms with Gasteiger partial charge in [-0.05, 0) is 201 Å². The summed E-state index contributed by atoms with van der Waals surface area (Å²) in [4.78, 5) is 0. The van der Waals surface area contributed by atoms with E-state index < -0.39 is 0 Å². The van der Waals surface area contributed by atoms with E-state index in [1.165, 1.54) is 247 Å². The molecule has 0 heterocycles. The Bertz CT molecular complexity index is 2860. The van der Waals surface area contributed by atoms with Crippen molar-refractivity contribution in [3.05, 3.63) is 178 Å². The second-order valence-corrected chi connectivity index (χ2v) is 23.8. The van der Waals surface area contributed by atoms with Crippen LogP contribution in [0.4, 0.5) is 0 Å². The summed E-state index contributed by atoms with van der Waals surface area (Å²) in [6, 6.07) is 52.1. The van der Waals surface area contributed by atoms with E-state index in [4.69, 9.17) is 0 Å². The number of rotatable bonds is 32. The minimum Gasteiger partial charge on any atom is -0.0654 e. The van der Waals surface area contributed by atoms with Gasteiger partial charge in [-0.2, -0.15) is 0 Å². The molecule has 0 nitrogen and oxygen atoms in total. The number of hydrogen-bond acceptors (Lipinski definition) is 0. The Kier molecular flexibility index (Phi) is 20.2. The quantitative estimate of drug-likeness (QED) is 0.0291. The van der Waals surface area contributed by atoms with Crippen LogP contribution in [0, 0.1) is 13.8 Å². The van der Waals surface area contributed by atoms with E-state index in [1.807, 2.05) is 0 Å². The number of fused-ring (bicyclic) bond motifs is 7. The fraction of sp³-hybridized carbons (Fsp3) is 0.467. The molecule has 0 atom stereocenters. The Balaban J connectivity index is 0.814. The second-order valence-electron chi connectivity index (χ2n) is 23.8. The lowest BCUT2D eigenvalue weighted by atomic mass is 9.69. The number of unbranched alkanes of at least 4 members (excludes halogenated alkanes) is 20. The van der Waals surface area contributed by atoms with Gasteiger partial charge in [-0.3, -0.25) is 0 Å². The molecule has 1 aliphatic carbocycles. The minimum atomic E-state index is 0.148. The van der Waals surface area contributed by atoms with Gasteiger partial charge < -0.3 is 0 Å². The van der Waals surface area contributed by atoms with Gasteiger partial charge in [-0.1, -0.05) is 251 Å². The molecule has 0 aromatic heterocycles. The second kappa shape index (κ2) is 27.7. The first-order valence-electron chi connectivity index (χ1n) is 31.0. The first-order valence-corrected chi connectivity index (χ1v) is 31.0. The number of aryl methyl sites for hydroxylation is 6. The molecule has 0 radical (unpaired) electrons. The third-order valence-corrected chi connectivity index (χ3v) is 18.0. The molecule has 8 aromatic carbocycles. The third kappa shape index (κ3) is 14.2. The van der Waals surface area contributed by atoms with E-state index in [0.29, 0.717) is 0 Å². The molecule has 0 aliphatic heterocycles. The Morgan fingerprint density at radius 3 is 0.987 bits per heavy atom. The predicted molar refractivity (Wildman–Crippen MR) is 331 cm³/mol. The highest BCUT2D eigenvalue weighted by Crippen LogP contribution is 2.56. The monoisotopic (exact) mass is 995 g/mol. The average Bonchev–Trinajstić information content (AvgIpc) is 3.69. The van der Waals surface area contributed by atoms with E-state index >= 15 is 0 Å². The zero-order valence-electron chi connectivity index (χ0n) is 47.4. The molecular formula is C75H94. The molecule has 0 fully saturated rings. The van der Waals surface area contributed by atoms with Crippen molar-refractivity contribution in [2.24, 2.45) is 0 Å². The first kappa shape index (κ1) is 54.6. The molecule has 9 rings (SSSR count). The molecule has 75 heavy (non-hydrogen) atoms. The third-order valence-electron chi connectivity index (χ3n) is 18.0. The molecule has 0 spiro atoms. The summed E-state index contributed by atoms with van der Waals surface area (Å²) in [5.74, 6) is 0. The maximum atomic E-state index is 2.73. The smallest absolute Gasteiger partial charge is 0.0215 e. The molecular weight excluding hydrogens is 901 g/mol. The fourth-order valence-electron chi connectivity index (χ4n) is 13.5. The van der Waals surface area contributed by atoms with Crippen LogP contribution in [-0.2, 0) is 31.1 Å². The van der Waals surface area contributed by atoms with Crippen molar-refractivity contribution in [2.45, 2.75) is 226 Å². The number of hydrogen-bond donors (Lipinski definition) is 0. The van der Waals surface area contributed by atoms with Gasteiger partial charge in [0.15, 0.2) is 0 Å². The Labute approximate surface area is 455 Å². The maximum Gasteiger partial charge on any atom is 0.0215 e. The van der Waals surface area contributed by atoms with Crippen molar-refractivity contribution in [3.8, 4) is 11.1 Å². The predicted octanol–water partition coefficient (Wildman–Crippen LogP) is 22.9. The van der Waals surface area contributed by atoms with Gasteiger partial charge in [0, 0.05) is 5.41 Å². The summed E-state index contributed by atoms with van der Waals surface area (Å²) >= 11 is 0. The van der Waals surface area contributed by atoms with Crippen LogP contribution in [0.2, 0.25) is 0 Å². The van der Waals surface area contributed by atoms with Gasteiger partial charge in [0.25, 0.3) is 0 Å². The SMILES string of the molecule is CCCCCCCCC1(CCCCCCCC)c2cc(C)c(CCCCCCCCc3ccc4cc5ccccc5cc4c3)cc2-c2cc(CCCCCCCCc3ccc4cc5ccccc5cc4c3)c(C)cc21. The first-order chi connectivity index (χ1) is 36.9. The largest absolute Gasteiger partial charge is 0.0654 e. The van der Waals surface area contributed by atoms with Crippen molar-refractivity contribution in [2.75, 3.05) is 0 Å². The summed E-state index contributed by atoms with van der Waals surface area (Å²) < 4.78 is 0. The summed E-state index contributed by atoms with van der Waals surface area (Å²) in [6.45, 7) is 9.61. The topological polar surface area (TPSA) is 0 Å². The number of benzene rings is 8. The summed E-state index contributed by atoms with van der Waals surface area (Å²) in [7, 11) is 0. The van der Waals surface area contributed by atoms with E-state index in [-0.39, 0.29) is 5.41 Å². The molecule has 0 saturated carbocycles. The maximum absolute atomic E-state index is 2.73. The van der Waals surface area contributed by atoms with Gasteiger partial charge in [0.05, 0.1) is 0 Å². The molecule has 8 aromatic rings. The summed E-state index contributed by atoms with van der Waals surface area (Å²) in [5.41, 5.74) is 16.0. The highest BCUT2D eigenvalue weighted by atomic mass is 14.5. The van der Waals surface area contributed by atoms with Gasteiger partial charge in [-0.25, -0.2) is 0 Å². The lowest BCUT2D eigenvalue weighted by Crippen LogP contribution is -2.26. The van der Waals surface area contributed by atoms with Crippen LogP contribution < -0.4 is 0 Å². The Hall–Kier alpha value is -5.20. The van der Waals surface area contributed by atoms with Crippen LogP contribution in [0.25, 0.3) is 54.2 Å².